The van der Waals surface area contributed by atoms with E-state index in [1.165, 1.54) is 11.4 Å². The predicted molar refractivity (Wildman–Crippen MR) is 105 cm³/mol. The van der Waals surface area contributed by atoms with Crippen LogP contribution in [0, 0.1) is 21.2 Å². The van der Waals surface area contributed by atoms with Crippen molar-refractivity contribution in [3.63, 3.8) is 0 Å². The van der Waals surface area contributed by atoms with Gasteiger partial charge in [-0.15, -0.1) is 0 Å². The van der Waals surface area contributed by atoms with Crippen molar-refractivity contribution in [2.75, 3.05) is 5.73 Å². The zero-order valence-corrected chi connectivity index (χ0v) is 17.2. The molecule has 0 aromatic carbocycles. The lowest BCUT2D eigenvalue weighted by Gasteiger charge is -2.03. The SMILES string of the molecule is Cc1ccc(C)n1-c1cc(I)n(C)n1.Cn1nc(N)cc1I. The maximum atomic E-state index is 5.34. The standard InChI is InChI=1S/C10H12IN3.C4H6IN3/c1-7-4-5-8(2)14(7)10-6-9(11)13(3)12-10;1-8-3(5)2-4(6)7-8/h4-6H,1-3H3;2H,1H3,(H2,6,7). The van der Waals surface area contributed by atoms with Gasteiger partial charge in [0.2, 0.25) is 0 Å². The molecule has 3 aromatic rings. The number of hydrogen-bond donors (Lipinski definition) is 1. The van der Waals surface area contributed by atoms with Crippen LogP contribution in [0.25, 0.3) is 5.82 Å². The quantitative estimate of drug-likeness (QED) is 0.499. The maximum absolute atomic E-state index is 5.34. The molecule has 0 bridgehead atoms. The lowest BCUT2D eigenvalue weighted by molar-refractivity contribution is 0.729. The van der Waals surface area contributed by atoms with Crippen molar-refractivity contribution in [3.8, 4) is 5.82 Å². The zero-order chi connectivity index (χ0) is 16.4. The second-order valence-corrected chi connectivity index (χ2v) is 7.13. The Morgan fingerprint density at radius 1 is 0.909 bits per heavy atom. The van der Waals surface area contributed by atoms with Gasteiger partial charge in [-0.1, -0.05) is 0 Å². The summed E-state index contributed by atoms with van der Waals surface area (Å²) in [7, 11) is 3.82. The molecule has 22 heavy (non-hydrogen) atoms. The fourth-order valence-electron chi connectivity index (χ4n) is 2.03. The molecule has 0 saturated carbocycles. The van der Waals surface area contributed by atoms with Gasteiger partial charge in [0.25, 0.3) is 0 Å². The van der Waals surface area contributed by atoms with E-state index >= 15 is 0 Å². The smallest absolute Gasteiger partial charge is 0.160 e. The van der Waals surface area contributed by atoms with E-state index in [1.54, 1.807) is 4.68 Å². The molecular formula is C14H18I2N6. The third-order valence-corrected chi connectivity index (χ3v) is 5.17. The van der Waals surface area contributed by atoms with Crippen molar-refractivity contribution in [1.29, 1.82) is 0 Å². The van der Waals surface area contributed by atoms with E-state index in [-0.39, 0.29) is 0 Å². The van der Waals surface area contributed by atoms with Crippen molar-refractivity contribution >= 4 is 51.0 Å². The monoisotopic (exact) mass is 524 g/mol. The Labute approximate surface area is 157 Å². The summed E-state index contributed by atoms with van der Waals surface area (Å²) >= 11 is 4.45. The highest BCUT2D eigenvalue weighted by molar-refractivity contribution is 14.1. The van der Waals surface area contributed by atoms with Gasteiger partial charge < -0.3 is 10.3 Å². The molecule has 2 N–H and O–H groups in total. The molecule has 0 radical (unpaired) electrons. The van der Waals surface area contributed by atoms with Crippen LogP contribution >= 0.6 is 45.2 Å². The van der Waals surface area contributed by atoms with Gasteiger partial charge in [0.05, 0.1) is 0 Å². The first-order valence-electron chi connectivity index (χ1n) is 6.59. The van der Waals surface area contributed by atoms with Crippen molar-refractivity contribution < 1.29 is 0 Å². The molecule has 0 amide bonds. The molecule has 3 aromatic heterocycles. The highest BCUT2D eigenvalue weighted by atomic mass is 127. The Hall–Kier alpha value is -1.04. The summed E-state index contributed by atoms with van der Waals surface area (Å²) in [5, 5.41) is 8.34. The second-order valence-electron chi connectivity index (χ2n) is 4.92. The van der Waals surface area contributed by atoms with Crippen LogP contribution in [0.5, 0.6) is 0 Å². The van der Waals surface area contributed by atoms with Crippen LogP contribution in [0.15, 0.2) is 24.3 Å². The highest BCUT2D eigenvalue weighted by Gasteiger charge is 2.08. The Morgan fingerprint density at radius 3 is 1.73 bits per heavy atom. The Bertz CT molecular complexity index is 725. The maximum Gasteiger partial charge on any atom is 0.160 e. The number of aromatic nitrogens is 5. The summed E-state index contributed by atoms with van der Waals surface area (Å²) in [6, 6.07) is 8.12. The fraction of sp³-hybridized carbons (Fsp3) is 0.286. The van der Waals surface area contributed by atoms with Crippen LogP contribution in [0.4, 0.5) is 5.82 Å². The molecule has 0 atom stereocenters. The van der Waals surface area contributed by atoms with E-state index in [0.29, 0.717) is 5.82 Å². The molecule has 6 nitrogen and oxygen atoms in total. The average molecular weight is 524 g/mol. The number of nitrogens with two attached hydrogens (primary N) is 1. The summed E-state index contributed by atoms with van der Waals surface area (Å²) in [6.45, 7) is 4.18. The second kappa shape index (κ2) is 7.02. The van der Waals surface area contributed by atoms with E-state index in [4.69, 9.17) is 5.73 Å². The van der Waals surface area contributed by atoms with Gasteiger partial charge in [-0.05, 0) is 71.2 Å². The van der Waals surface area contributed by atoms with Crippen LogP contribution < -0.4 is 5.73 Å². The van der Waals surface area contributed by atoms with Gasteiger partial charge in [0.1, 0.15) is 13.2 Å². The summed E-state index contributed by atoms with van der Waals surface area (Å²) in [5.74, 6) is 1.58. The number of halogens is 2. The summed E-state index contributed by atoms with van der Waals surface area (Å²) in [4.78, 5) is 0. The van der Waals surface area contributed by atoms with Crippen molar-refractivity contribution in [3.05, 3.63) is 43.1 Å². The van der Waals surface area contributed by atoms with Gasteiger partial charge in [-0.3, -0.25) is 9.36 Å². The first-order chi connectivity index (χ1) is 10.3. The molecule has 0 aliphatic rings. The zero-order valence-electron chi connectivity index (χ0n) is 12.9. The molecule has 118 valence electrons. The molecule has 0 saturated heterocycles. The third-order valence-electron chi connectivity index (χ3n) is 3.15. The van der Waals surface area contributed by atoms with E-state index in [1.807, 2.05) is 24.8 Å². The Balaban J connectivity index is 0.000000188. The predicted octanol–water partition coefficient (Wildman–Crippen LogP) is 3.04. The van der Waals surface area contributed by atoms with Crippen molar-refractivity contribution in [1.82, 2.24) is 24.1 Å². The normalized spacial score (nSPS) is 10.5. The lowest BCUT2D eigenvalue weighted by Crippen LogP contribution is -2.00. The van der Waals surface area contributed by atoms with E-state index < -0.39 is 0 Å². The largest absolute Gasteiger partial charge is 0.382 e. The van der Waals surface area contributed by atoms with E-state index in [2.05, 4.69) is 92.0 Å². The van der Waals surface area contributed by atoms with Gasteiger partial charge >= 0.3 is 0 Å². The third kappa shape index (κ3) is 3.83. The molecular weight excluding hydrogens is 506 g/mol. The number of nitrogens with zero attached hydrogens (tertiary/aromatic N) is 5. The van der Waals surface area contributed by atoms with Crippen LogP contribution in [0.1, 0.15) is 11.4 Å². The van der Waals surface area contributed by atoms with E-state index in [9.17, 15) is 0 Å². The number of rotatable bonds is 1. The summed E-state index contributed by atoms with van der Waals surface area (Å²) in [6.07, 6.45) is 0. The Kier molecular flexibility index (Phi) is 5.53. The van der Waals surface area contributed by atoms with Gasteiger partial charge in [0.15, 0.2) is 5.82 Å². The minimum Gasteiger partial charge on any atom is -0.382 e. The molecule has 0 aliphatic heterocycles. The van der Waals surface area contributed by atoms with E-state index in [0.717, 1.165) is 13.2 Å². The number of nitrogen functional groups attached to an aromatic ring is 1. The van der Waals surface area contributed by atoms with Crippen LogP contribution in [0.3, 0.4) is 0 Å². The molecule has 0 unspecified atom stereocenters. The minimum atomic E-state index is 0.580. The summed E-state index contributed by atoms with van der Waals surface area (Å²) < 4.78 is 7.97. The van der Waals surface area contributed by atoms with Gasteiger partial charge in [0, 0.05) is 37.6 Å². The van der Waals surface area contributed by atoms with Crippen molar-refractivity contribution in [2.45, 2.75) is 13.8 Å². The van der Waals surface area contributed by atoms with Crippen LogP contribution in [-0.2, 0) is 14.1 Å². The minimum absolute atomic E-state index is 0.580. The van der Waals surface area contributed by atoms with Gasteiger partial charge in [-0.2, -0.15) is 10.2 Å². The number of hydrogen-bond acceptors (Lipinski definition) is 3. The highest BCUT2D eigenvalue weighted by Crippen LogP contribution is 2.16. The molecule has 0 aliphatic carbocycles. The van der Waals surface area contributed by atoms with Crippen LogP contribution in [0.2, 0.25) is 0 Å². The molecule has 8 heteroatoms. The number of aryl methyl sites for hydroxylation is 4. The first-order valence-corrected chi connectivity index (χ1v) is 8.75. The fourth-order valence-corrected chi connectivity index (χ4v) is 2.85. The van der Waals surface area contributed by atoms with Crippen molar-refractivity contribution in [2.24, 2.45) is 14.1 Å². The summed E-state index contributed by atoms with van der Waals surface area (Å²) in [5.41, 5.74) is 7.78. The topological polar surface area (TPSA) is 66.6 Å². The van der Waals surface area contributed by atoms with Crippen LogP contribution in [-0.4, -0.2) is 24.1 Å². The first kappa shape index (κ1) is 17.3. The molecule has 0 spiro atoms. The average Bonchev–Trinajstić information content (AvgIpc) is 3.02. The molecule has 3 heterocycles. The number of anilines is 1. The van der Waals surface area contributed by atoms with Gasteiger partial charge in [-0.25, -0.2) is 0 Å². The lowest BCUT2D eigenvalue weighted by atomic mass is 10.5. The molecule has 3 rings (SSSR count). The molecule has 0 fully saturated rings. The Morgan fingerprint density at radius 2 is 1.41 bits per heavy atom.